The minimum absolute atomic E-state index is 0.0964. The SMILES string of the molecule is Fc1ccc(CNCc2ccc(F)c(Cl)c2)c(Cl)c1. The Kier molecular flexibility index (Phi) is 4.75. The molecule has 0 saturated carbocycles. The van der Waals surface area contributed by atoms with Gasteiger partial charge in [-0.1, -0.05) is 35.3 Å². The van der Waals surface area contributed by atoms with Gasteiger partial charge in [-0.25, -0.2) is 8.78 Å². The van der Waals surface area contributed by atoms with Crippen LogP contribution < -0.4 is 5.32 Å². The molecule has 0 unspecified atom stereocenters. The molecule has 1 nitrogen and oxygen atoms in total. The zero-order chi connectivity index (χ0) is 13.8. The van der Waals surface area contributed by atoms with Gasteiger partial charge in [-0.3, -0.25) is 0 Å². The summed E-state index contributed by atoms with van der Waals surface area (Å²) in [5, 5.41) is 3.61. The summed E-state index contributed by atoms with van der Waals surface area (Å²) in [4.78, 5) is 0. The van der Waals surface area contributed by atoms with E-state index in [4.69, 9.17) is 23.2 Å². The number of hydrogen-bond donors (Lipinski definition) is 1. The van der Waals surface area contributed by atoms with Gasteiger partial charge < -0.3 is 5.32 Å². The van der Waals surface area contributed by atoms with Crippen LogP contribution in [-0.4, -0.2) is 0 Å². The third-order valence-electron chi connectivity index (χ3n) is 2.64. The molecule has 19 heavy (non-hydrogen) atoms. The normalized spacial score (nSPS) is 10.7. The van der Waals surface area contributed by atoms with E-state index in [1.54, 1.807) is 18.2 Å². The first-order chi connectivity index (χ1) is 9.06. The van der Waals surface area contributed by atoms with Gasteiger partial charge in [-0.2, -0.15) is 0 Å². The zero-order valence-electron chi connectivity index (χ0n) is 9.89. The molecule has 0 amide bonds. The summed E-state index contributed by atoms with van der Waals surface area (Å²) in [5.41, 5.74) is 1.67. The van der Waals surface area contributed by atoms with E-state index >= 15 is 0 Å². The fraction of sp³-hybridized carbons (Fsp3) is 0.143. The van der Waals surface area contributed by atoms with Crippen LogP contribution in [0.3, 0.4) is 0 Å². The van der Waals surface area contributed by atoms with Gasteiger partial charge in [0.1, 0.15) is 11.6 Å². The highest BCUT2D eigenvalue weighted by Crippen LogP contribution is 2.18. The average molecular weight is 302 g/mol. The molecule has 0 spiro atoms. The second-order valence-corrected chi connectivity index (χ2v) is 4.90. The van der Waals surface area contributed by atoms with Gasteiger partial charge in [-0.15, -0.1) is 0 Å². The highest BCUT2D eigenvalue weighted by atomic mass is 35.5. The first-order valence-electron chi connectivity index (χ1n) is 5.65. The van der Waals surface area contributed by atoms with Crippen LogP contribution in [0.1, 0.15) is 11.1 Å². The summed E-state index contributed by atoms with van der Waals surface area (Å²) >= 11 is 11.6. The van der Waals surface area contributed by atoms with E-state index in [9.17, 15) is 8.78 Å². The van der Waals surface area contributed by atoms with E-state index < -0.39 is 5.82 Å². The van der Waals surface area contributed by atoms with Gasteiger partial charge in [0.25, 0.3) is 0 Å². The van der Waals surface area contributed by atoms with Crippen LogP contribution in [0.2, 0.25) is 10.0 Å². The molecule has 0 saturated heterocycles. The maximum absolute atomic E-state index is 13.0. The fourth-order valence-electron chi connectivity index (χ4n) is 1.66. The van der Waals surface area contributed by atoms with Crippen molar-refractivity contribution in [1.29, 1.82) is 0 Å². The largest absolute Gasteiger partial charge is 0.309 e. The summed E-state index contributed by atoms with van der Waals surface area (Å²) in [5.74, 6) is -0.800. The Bertz CT molecular complexity index is 588. The number of rotatable bonds is 4. The Morgan fingerprint density at radius 1 is 0.895 bits per heavy atom. The highest BCUT2D eigenvalue weighted by molar-refractivity contribution is 6.31. The molecule has 0 aromatic heterocycles. The van der Waals surface area contributed by atoms with E-state index in [1.807, 2.05) is 0 Å². The van der Waals surface area contributed by atoms with Gasteiger partial charge in [-0.05, 0) is 35.4 Å². The molecule has 5 heteroatoms. The van der Waals surface area contributed by atoms with Crippen LogP contribution in [0.25, 0.3) is 0 Å². The van der Waals surface area contributed by atoms with Crippen molar-refractivity contribution in [3.63, 3.8) is 0 Å². The van der Waals surface area contributed by atoms with Crippen molar-refractivity contribution in [3.05, 3.63) is 69.2 Å². The number of nitrogens with one attached hydrogen (secondary N) is 1. The van der Waals surface area contributed by atoms with Crippen LogP contribution in [0, 0.1) is 11.6 Å². The standard InChI is InChI=1S/C14H11Cl2F2N/c15-12-6-11(17)3-2-10(12)8-19-7-9-1-4-14(18)13(16)5-9/h1-6,19H,7-8H2. The zero-order valence-corrected chi connectivity index (χ0v) is 11.4. The average Bonchev–Trinajstić information content (AvgIpc) is 2.36. The second-order valence-electron chi connectivity index (χ2n) is 4.09. The molecule has 1 N–H and O–H groups in total. The summed E-state index contributed by atoms with van der Waals surface area (Å²) in [6, 6.07) is 8.80. The second kappa shape index (κ2) is 6.33. The smallest absolute Gasteiger partial charge is 0.141 e. The summed E-state index contributed by atoms with van der Waals surface area (Å²) in [7, 11) is 0. The highest BCUT2D eigenvalue weighted by Gasteiger charge is 2.03. The molecule has 100 valence electrons. The molecule has 0 aliphatic heterocycles. The van der Waals surface area contributed by atoms with Crippen LogP contribution >= 0.6 is 23.2 Å². The third kappa shape index (κ3) is 3.90. The minimum atomic E-state index is -0.438. The van der Waals surface area contributed by atoms with E-state index in [0.717, 1.165) is 11.1 Å². The van der Waals surface area contributed by atoms with Gasteiger partial charge in [0.05, 0.1) is 5.02 Å². The van der Waals surface area contributed by atoms with Crippen LogP contribution in [-0.2, 0) is 13.1 Å². The number of hydrogen-bond acceptors (Lipinski definition) is 1. The molecule has 0 heterocycles. The monoisotopic (exact) mass is 301 g/mol. The lowest BCUT2D eigenvalue weighted by Crippen LogP contribution is -2.13. The lowest BCUT2D eigenvalue weighted by molar-refractivity contribution is 0.623. The molecule has 2 aromatic carbocycles. The minimum Gasteiger partial charge on any atom is -0.309 e. The predicted molar refractivity (Wildman–Crippen MR) is 73.4 cm³/mol. The van der Waals surface area contributed by atoms with E-state index in [0.29, 0.717) is 18.1 Å². The molecular formula is C14H11Cl2F2N. The third-order valence-corrected chi connectivity index (χ3v) is 3.29. The first kappa shape index (κ1) is 14.3. The van der Waals surface area contributed by atoms with E-state index in [2.05, 4.69) is 5.32 Å². The fourth-order valence-corrected chi connectivity index (χ4v) is 2.09. The molecular weight excluding hydrogens is 291 g/mol. The molecule has 2 aromatic rings. The maximum atomic E-state index is 13.0. The van der Waals surface area contributed by atoms with Gasteiger partial charge in [0.2, 0.25) is 0 Å². The molecule has 0 aliphatic rings. The quantitative estimate of drug-likeness (QED) is 0.873. The maximum Gasteiger partial charge on any atom is 0.141 e. The van der Waals surface area contributed by atoms with Crippen molar-refractivity contribution in [2.45, 2.75) is 13.1 Å². The number of benzene rings is 2. The summed E-state index contributed by atoms with van der Waals surface area (Å²) in [6.07, 6.45) is 0. The topological polar surface area (TPSA) is 12.0 Å². The molecule has 0 aliphatic carbocycles. The Hall–Kier alpha value is -1.16. The lowest BCUT2D eigenvalue weighted by atomic mass is 10.2. The van der Waals surface area contributed by atoms with Crippen molar-refractivity contribution >= 4 is 23.2 Å². The van der Waals surface area contributed by atoms with Crippen LogP contribution in [0.15, 0.2) is 36.4 Å². The van der Waals surface area contributed by atoms with E-state index in [-0.39, 0.29) is 10.8 Å². The predicted octanol–water partition coefficient (Wildman–Crippen LogP) is 4.56. The molecule has 2 rings (SSSR count). The van der Waals surface area contributed by atoms with Crippen molar-refractivity contribution in [1.82, 2.24) is 5.32 Å². The Labute approximate surface area is 120 Å². The van der Waals surface area contributed by atoms with Crippen LogP contribution in [0.5, 0.6) is 0 Å². The lowest BCUT2D eigenvalue weighted by Gasteiger charge is -2.07. The number of halogens is 4. The first-order valence-corrected chi connectivity index (χ1v) is 6.40. The Morgan fingerprint density at radius 2 is 1.68 bits per heavy atom. The Morgan fingerprint density at radius 3 is 2.37 bits per heavy atom. The Balaban J connectivity index is 1.94. The van der Waals surface area contributed by atoms with Crippen molar-refractivity contribution in [2.75, 3.05) is 0 Å². The molecule has 0 fully saturated rings. The van der Waals surface area contributed by atoms with Crippen molar-refractivity contribution < 1.29 is 8.78 Å². The summed E-state index contributed by atoms with van der Waals surface area (Å²) in [6.45, 7) is 1.02. The molecule has 0 radical (unpaired) electrons. The van der Waals surface area contributed by atoms with Gasteiger partial charge >= 0.3 is 0 Å². The van der Waals surface area contributed by atoms with Crippen molar-refractivity contribution in [3.8, 4) is 0 Å². The molecule has 0 atom stereocenters. The van der Waals surface area contributed by atoms with Crippen molar-refractivity contribution in [2.24, 2.45) is 0 Å². The molecule has 0 bridgehead atoms. The van der Waals surface area contributed by atoms with Gasteiger partial charge in [0.15, 0.2) is 0 Å². The van der Waals surface area contributed by atoms with Gasteiger partial charge in [0, 0.05) is 18.1 Å². The van der Waals surface area contributed by atoms with E-state index in [1.165, 1.54) is 18.2 Å². The summed E-state index contributed by atoms with van der Waals surface area (Å²) < 4.78 is 25.8. The van der Waals surface area contributed by atoms with Crippen LogP contribution in [0.4, 0.5) is 8.78 Å².